The predicted octanol–water partition coefficient (Wildman–Crippen LogP) is -1.31. The number of hydrogen-bond donors (Lipinski definition) is 0. The average Bonchev–Trinajstić information content (AvgIpc) is 1.90. The van der Waals surface area contributed by atoms with Crippen LogP contribution in [0.25, 0.3) is 0 Å². The maximum absolute atomic E-state index is 10.6. The fraction of sp³-hybridized carbons (Fsp3) is 0.125. The molecule has 0 atom stereocenters. The quantitative estimate of drug-likeness (QED) is 0.282. The molecule has 0 unspecified atom stereocenters. The molecule has 1 aromatic rings. The van der Waals surface area contributed by atoms with E-state index in [4.69, 9.17) is 0 Å². The van der Waals surface area contributed by atoms with Crippen LogP contribution in [0.2, 0.25) is 0 Å². The van der Waals surface area contributed by atoms with Crippen LogP contribution in [0.15, 0.2) is 24.3 Å². The van der Waals surface area contributed by atoms with Gasteiger partial charge in [-0.25, -0.2) is 0 Å². The van der Waals surface area contributed by atoms with Crippen LogP contribution in [0.1, 0.15) is 17.3 Å². The van der Waals surface area contributed by atoms with Gasteiger partial charge in [-0.05, 0) is 6.92 Å². The molecule has 1 nitrogen and oxygen atoms in total. The Morgan fingerprint density at radius 2 is 1.90 bits per heavy atom. The molecule has 46 valence electrons. The standard InChI is InChI=1S/C8H7O.K/c1-7(9)8-5-3-2-4-6-8;/h3-6H,1H3;/q-1;+1. The molecule has 0 aromatic heterocycles. The first-order valence-electron chi connectivity index (χ1n) is 2.78. The Bertz CT molecular complexity index is 206. The predicted molar refractivity (Wildman–Crippen MR) is 35.3 cm³/mol. The van der Waals surface area contributed by atoms with Gasteiger partial charge in [0.25, 0.3) is 0 Å². The van der Waals surface area contributed by atoms with E-state index in [-0.39, 0.29) is 57.2 Å². The van der Waals surface area contributed by atoms with E-state index >= 15 is 0 Å². The van der Waals surface area contributed by atoms with E-state index in [1.54, 1.807) is 31.2 Å². The maximum Gasteiger partial charge on any atom is 1.00 e. The van der Waals surface area contributed by atoms with E-state index in [1.165, 1.54) is 0 Å². The molecule has 0 amide bonds. The fourth-order valence-corrected chi connectivity index (χ4v) is 0.622. The van der Waals surface area contributed by atoms with Crippen LogP contribution in [-0.2, 0) is 0 Å². The molecule has 0 aliphatic rings. The monoisotopic (exact) mass is 158 g/mol. The Balaban J connectivity index is 0.000000810. The molecule has 0 radical (unpaired) electrons. The van der Waals surface area contributed by atoms with Crippen molar-refractivity contribution in [3.8, 4) is 0 Å². The van der Waals surface area contributed by atoms with Crippen LogP contribution >= 0.6 is 0 Å². The van der Waals surface area contributed by atoms with Gasteiger partial charge in [-0.15, -0.1) is 0 Å². The van der Waals surface area contributed by atoms with Crippen molar-refractivity contribution in [2.24, 2.45) is 0 Å². The van der Waals surface area contributed by atoms with Crippen LogP contribution in [0.3, 0.4) is 0 Å². The number of hydrogen-bond acceptors (Lipinski definition) is 1. The molecule has 0 spiro atoms. The van der Waals surface area contributed by atoms with Crippen molar-refractivity contribution in [2.45, 2.75) is 6.92 Å². The van der Waals surface area contributed by atoms with E-state index in [0.29, 0.717) is 0 Å². The summed E-state index contributed by atoms with van der Waals surface area (Å²) in [5.74, 6) is 0.101. The second-order valence-electron chi connectivity index (χ2n) is 1.84. The maximum atomic E-state index is 10.6. The van der Waals surface area contributed by atoms with E-state index in [1.807, 2.05) is 0 Å². The Morgan fingerprint density at radius 3 is 2.20 bits per heavy atom. The Hall–Kier alpha value is 0.526. The number of ketones is 1. The van der Waals surface area contributed by atoms with Crippen molar-refractivity contribution in [3.63, 3.8) is 0 Å². The summed E-state index contributed by atoms with van der Waals surface area (Å²) in [5.41, 5.74) is 0.744. The molecule has 2 heteroatoms. The van der Waals surface area contributed by atoms with E-state index < -0.39 is 0 Å². The van der Waals surface area contributed by atoms with Gasteiger partial charge in [0.1, 0.15) is 5.78 Å². The van der Waals surface area contributed by atoms with Gasteiger partial charge in [-0.1, -0.05) is 5.56 Å². The summed E-state index contributed by atoms with van der Waals surface area (Å²) >= 11 is 0. The molecule has 0 bridgehead atoms. The largest absolute Gasteiger partial charge is 1.00 e. The van der Waals surface area contributed by atoms with Crippen LogP contribution in [-0.4, -0.2) is 5.78 Å². The van der Waals surface area contributed by atoms with Crippen molar-refractivity contribution >= 4 is 5.78 Å². The van der Waals surface area contributed by atoms with Crippen molar-refractivity contribution in [1.29, 1.82) is 0 Å². The zero-order chi connectivity index (χ0) is 6.69. The Labute approximate surface area is 103 Å². The second kappa shape index (κ2) is 5.21. The molecule has 0 saturated heterocycles. The molecular weight excluding hydrogens is 151 g/mol. The second-order valence-corrected chi connectivity index (χ2v) is 1.84. The number of benzene rings is 1. The summed E-state index contributed by atoms with van der Waals surface area (Å²) in [6.45, 7) is 1.55. The van der Waals surface area contributed by atoms with Crippen LogP contribution in [0, 0.1) is 6.07 Å². The van der Waals surface area contributed by atoms with E-state index in [2.05, 4.69) is 6.07 Å². The number of rotatable bonds is 1. The topological polar surface area (TPSA) is 17.1 Å². The molecule has 0 aliphatic carbocycles. The third-order valence-electron chi connectivity index (χ3n) is 1.12. The summed E-state index contributed by atoms with van der Waals surface area (Å²) in [7, 11) is 0. The number of carbonyl (C=O) groups is 1. The Kier molecular flexibility index (Phi) is 5.49. The van der Waals surface area contributed by atoms with Gasteiger partial charge in [0.2, 0.25) is 0 Å². The molecule has 0 N–H and O–H groups in total. The van der Waals surface area contributed by atoms with Gasteiger partial charge < -0.3 is 0 Å². The smallest absolute Gasteiger partial charge is 0.297 e. The van der Waals surface area contributed by atoms with Crippen molar-refractivity contribution in [2.75, 3.05) is 0 Å². The first-order chi connectivity index (χ1) is 4.30. The molecule has 1 aromatic carbocycles. The molecule has 1 rings (SSSR count). The van der Waals surface area contributed by atoms with Crippen LogP contribution in [0.5, 0.6) is 0 Å². The minimum Gasteiger partial charge on any atom is -0.297 e. The molecule has 0 saturated carbocycles. The molecular formula is C8H7KO. The number of carbonyl (C=O) groups excluding carboxylic acids is 1. The van der Waals surface area contributed by atoms with Crippen LogP contribution < -0.4 is 51.4 Å². The normalized spacial score (nSPS) is 8.10. The van der Waals surface area contributed by atoms with Gasteiger partial charge in [-0.3, -0.25) is 4.79 Å². The van der Waals surface area contributed by atoms with E-state index in [0.717, 1.165) is 5.56 Å². The zero-order valence-corrected chi connectivity index (χ0v) is 9.34. The summed E-state index contributed by atoms with van der Waals surface area (Å²) in [6.07, 6.45) is 0. The zero-order valence-electron chi connectivity index (χ0n) is 6.22. The minimum absolute atomic E-state index is 0. The first-order valence-corrected chi connectivity index (χ1v) is 2.78. The van der Waals surface area contributed by atoms with Gasteiger partial charge >= 0.3 is 51.4 Å². The average molecular weight is 158 g/mol. The number of Topliss-reactive ketones (excluding diaryl/α,β-unsaturated/α-hetero) is 1. The minimum atomic E-state index is 0. The van der Waals surface area contributed by atoms with Crippen molar-refractivity contribution in [3.05, 3.63) is 35.9 Å². The van der Waals surface area contributed by atoms with Gasteiger partial charge in [-0.2, -0.15) is 30.3 Å². The molecule has 0 aliphatic heterocycles. The Morgan fingerprint density at radius 1 is 1.40 bits per heavy atom. The van der Waals surface area contributed by atoms with Gasteiger partial charge in [0.15, 0.2) is 0 Å². The summed E-state index contributed by atoms with van der Waals surface area (Å²) < 4.78 is 0. The molecule has 0 heterocycles. The van der Waals surface area contributed by atoms with Crippen LogP contribution in [0.4, 0.5) is 0 Å². The van der Waals surface area contributed by atoms with E-state index in [9.17, 15) is 4.79 Å². The summed E-state index contributed by atoms with van der Waals surface area (Å²) in [5, 5.41) is 0. The molecule has 10 heavy (non-hydrogen) atoms. The van der Waals surface area contributed by atoms with Crippen molar-refractivity contribution < 1.29 is 56.2 Å². The third kappa shape index (κ3) is 3.08. The first kappa shape index (κ1) is 10.5. The summed E-state index contributed by atoms with van der Waals surface area (Å²) in [4.78, 5) is 10.6. The fourth-order valence-electron chi connectivity index (χ4n) is 0.622. The molecule has 0 fully saturated rings. The summed E-state index contributed by atoms with van der Waals surface area (Å²) in [6, 6.07) is 9.81. The third-order valence-corrected chi connectivity index (χ3v) is 1.12. The van der Waals surface area contributed by atoms with Gasteiger partial charge in [0, 0.05) is 0 Å². The van der Waals surface area contributed by atoms with Crippen molar-refractivity contribution in [1.82, 2.24) is 0 Å². The van der Waals surface area contributed by atoms with Gasteiger partial charge in [0.05, 0.1) is 0 Å². The SMILES string of the molecule is CC(=O)c1cc[c-]cc1.[K+].